The lowest BCUT2D eigenvalue weighted by Gasteiger charge is -2.29. The van der Waals surface area contributed by atoms with Gasteiger partial charge in [-0.05, 0) is 122 Å². The normalized spacial score (nSPS) is 19.5. The van der Waals surface area contributed by atoms with Crippen molar-refractivity contribution in [2.45, 2.75) is 68.0 Å². The zero-order chi connectivity index (χ0) is 55.6. The highest BCUT2D eigenvalue weighted by atomic mass is 79.9. The van der Waals surface area contributed by atoms with Crippen molar-refractivity contribution in [2.24, 2.45) is 17.8 Å². The van der Waals surface area contributed by atoms with E-state index in [4.69, 9.17) is 0 Å². The maximum Gasteiger partial charge on any atom is 0.233 e. The van der Waals surface area contributed by atoms with E-state index < -0.39 is 12.0 Å². The third-order valence-corrected chi connectivity index (χ3v) is 17.5. The van der Waals surface area contributed by atoms with Crippen molar-refractivity contribution in [1.29, 1.82) is 0 Å². The standard InChI is InChI=1S/C31H26FN5O2S.C27H23FN4O2.C4H4BrNS/c32-22-8-10-23(11-9-22)37-26-13-12-24(16-21(26)18-34-37)36-29(19-4-2-1-3-5-19)28(35-30(38)20-6-7-20)25(31(36)39)17-27-33-14-15-40-27;28-20-8-10-21(11-9-20)32-24-13-12-22(14-19(24)16-29-32)31-25(33)15-23(30-27(34)18-6-7-18)26(31)17-4-2-1-3-5-17;5-3-4-6-1-2-7-4/h1-5,8-16,18,20,25,28-29H,6-7,17H2,(H,35,38);1-5,8-14,16,18,23,26H,6-7,15H2,(H,30,34);1-2H,3H2/t25-,28+,29-;23-,26+;/m10./s1. The third kappa shape index (κ3) is 11.6. The molecule has 2 N–H and O–H groups in total. The number of carbonyl (C=O) groups excluding carboxylic acids is 4. The number of nitrogens with one attached hydrogen (secondary N) is 2. The summed E-state index contributed by atoms with van der Waals surface area (Å²) in [7, 11) is 0. The van der Waals surface area contributed by atoms with E-state index in [0.29, 0.717) is 6.42 Å². The Bertz CT molecular complexity index is 3840. The molecule has 4 fully saturated rings. The number of fused-ring (bicyclic) bond motifs is 2. The lowest BCUT2D eigenvalue weighted by atomic mass is 9.91. The Kier molecular flexibility index (Phi) is 15.5. The first-order valence-corrected chi connectivity index (χ1v) is 29.6. The average Bonchev–Trinajstić information content (AvgIpc) is 4.27. The van der Waals surface area contributed by atoms with Gasteiger partial charge < -0.3 is 20.4 Å². The Labute approximate surface area is 481 Å². The van der Waals surface area contributed by atoms with Gasteiger partial charge in [0.2, 0.25) is 23.6 Å². The van der Waals surface area contributed by atoms with Gasteiger partial charge in [0.15, 0.2) is 0 Å². The molecule has 14 nitrogen and oxygen atoms in total. The molecule has 6 heterocycles. The lowest BCUT2D eigenvalue weighted by molar-refractivity contribution is -0.124. The van der Waals surface area contributed by atoms with Crippen LogP contribution in [-0.2, 0) is 30.9 Å². The Morgan fingerprint density at radius 1 is 0.580 bits per heavy atom. The van der Waals surface area contributed by atoms with E-state index in [1.54, 1.807) is 74.7 Å². The number of carbonyl (C=O) groups is 4. The van der Waals surface area contributed by atoms with E-state index in [1.165, 1.54) is 35.6 Å². The van der Waals surface area contributed by atoms with Gasteiger partial charge >= 0.3 is 0 Å². The molecule has 81 heavy (non-hydrogen) atoms. The monoisotopic (exact) mass is 1180 g/mol. The van der Waals surface area contributed by atoms with Gasteiger partial charge in [-0.1, -0.05) is 76.6 Å². The third-order valence-electron chi connectivity index (χ3n) is 15.0. The fourth-order valence-electron chi connectivity index (χ4n) is 10.8. The molecule has 4 aromatic heterocycles. The van der Waals surface area contributed by atoms with E-state index in [2.05, 4.69) is 46.7 Å². The SMILES string of the molecule is BrCc1nccs1.O=C(N[C@@H]1[C@@H](c2ccccc2)N(c2ccc3c(cnn3-c3ccc(F)cc3)c2)C(=O)[C@@H]1Cc1nccs1)C1CC1.O=C(N[C@H]1CC(=O)N(c2ccc3c(cnn3-c3ccc(F)cc3)c2)[C@@H]1c1ccccc1)C1CC1. The molecule has 2 aliphatic heterocycles. The second-order valence-electron chi connectivity index (χ2n) is 20.4. The van der Waals surface area contributed by atoms with Crippen LogP contribution in [0, 0.1) is 29.4 Å². The molecular formula is C62H53BrF2N10O4S2. The number of hydrogen-bond acceptors (Lipinski definition) is 10. The van der Waals surface area contributed by atoms with Crippen LogP contribution in [0.25, 0.3) is 33.2 Å². The number of hydrogen-bond donors (Lipinski definition) is 2. The number of amides is 4. The Balaban J connectivity index is 0.000000145. The van der Waals surface area contributed by atoms with Crippen LogP contribution in [0.5, 0.6) is 0 Å². The number of nitrogens with zero attached hydrogens (tertiary/aromatic N) is 8. The molecule has 0 unspecified atom stereocenters. The predicted molar refractivity (Wildman–Crippen MR) is 313 cm³/mol. The molecule has 2 aliphatic carbocycles. The van der Waals surface area contributed by atoms with E-state index in [-0.39, 0.29) is 71.6 Å². The molecule has 2 saturated carbocycles. The number of benzene rings is 6. The Morgan fingerprint density at radius 3 is 1.54 bits per heavy atom. The topological polar surface area (TPSA) is 160 Å². The molecule has 4 amide bonds. The van der Waals surface area contributed by atoms with E-state index in [9.17, 15) is 28.0 Å². The van der Waals surface area contributed by atoms with Crippen molar-refractivity contribution in [3.05, 3.63) is 214 Å². The highest BCUT2D eigenvalue weighted by molar-refractivity contribution is 9.08. The highest BCUT2D eigenvalue weighted by Crippen LogP contribution is 2.44. The predicted octanol–water partition coefficient (Wildman–Crippen LogP) is 12.0. The quantitative estimate of drug-likeness (QED) is 0.108. The average molecular weight is 1180 g/mol. The number of thiazole rings is 2. The molecule has 2 saturated heterocycles. The van der Waals surface area contributed by atoms with Gasteiger partial charge in [-0.2, -0.15) is 10.2 Å². The van der Waals surface area contributed by atoms with Gasteiger partial charge in [-0.25, -0.2) is 28.1 Å². The van der Waals surface area contributed by atoms with Crippen molar-refractivity contribution in [2.75, 3.05) is 9.80 Å². The summed E-state index contributed by atoms with van der Waals surface area (Å²) in [5.74, 6) is -0.989. The van der Waals surface area contributed by atoms with Gasteiger partial charge in [-0.15, -0.1) is 22.7 Å². The zero-order valence-corrected chi connectivity index (χ0v) is 46.7. The van der Waals surface area contributed by atoms with Crippen molar-refractivity contribution in [3.63, 3.8) is 0 Å². The molecule has 6 aromatic carbocycles. The maximum absolute atomic E-state index is 14.3. The zero-order valence-electron chi connectivity index (χ0n) is 43.5. The Morgan fingerprint density at radius 2 is 1.06 bits per heavy atom. The van der Waals surface area contributed by atoms with Crippen LogP contribution in [0.15, 0.2) is 181 Å². The van der Waals surface area contributed by atoms with Gasteiger partial charge in [0, 0.05) is 70.0 Å². The minimum absolute atomic E-state index is 0.0146. The van der Waals surface area contributed by atoms with Crippen LogP contribution in [0.1, 0.15) is 65.3 Å². The second-order valence-corrected chi connectivity index (χ2v) is 23.0. The molecule has 408 valence electrons. The molecule has 10 aromatic rings. The summed E-state index contributed by atoms with van der Waals surface area (Å²) in [4.78, 5) is 65.2. The number of anilines is 2. The van der Waals surface area contributed by atoms with Gasteiger partial charge in [0.05, 0.1) is 75.2 Å². The van der Waals surface area contributed by atoms with Crippen LogP contribution >= 0.6 is 38.6 Å². The largest absolute Gasteiger partial charge is 0.350 e. The molecule has 19 heteroatoms. The van der Waals surface area contributed by atoms with E-state index >= 15 is 0 Å². The number of alkyl halides is 1. The summed E-state index contributed by atoms with van der Waals surface area (Å²) in [5, 5.41) is 23.9. The second kappa shape index (κ2) is 23.4. The van der Waals surface area contributed by atoms with Crippen LogP contribution in [0.2, 0.25) is 0 Å². The van der Waals surface area contributed by atoms with Crippen LogP contribution in [0.3, 0.4) is 0 Å². The summed E-state index contributed by atoms with van der Waals surface area (Å²) in [6, 6.07) is 42.3. The van der Waals surface area contributed by atoms with Gasteiger partial charge in [0.1, 0.15) is 16.6 Å². The fraction of sp³-hybridized carbons (Fsp3) is 0.226. The minimum atomic E-state index is -0.461. The summed E-state index contributed by atoms with van der Waals surface area (Å²) < 4.78 is 30.3. The van der Waals surface area contributed by atoms with Crippen LogP contribution in [0.4, 0.5) is 20.2 Å². The lowest BCUT2D eigenvalue weighted by Crippen LogP contribution is -2.43. The van der Waals surface area contributed by atoms with Crippen molar-refractivity contribution >= 4 is 95.4 Å². The Hall–Kier alpha value is -8.26. The first kappa shape index (κ1) is 53.4. The smallest absolute Gasteiger partial charge is 0.233 e. The summed E-state index contributed by atoms with van der Waals surface area (Å²) >= 11 is 6.47. The van der Waals surface area contributed by atoms with Crippen molar-refractivity contribution in [1.82, 2.24) is 40.2 Å². The van der Waals surface area contributed by atoms with Gasteiger partial charge in [-0.3, -0.25) is 19.2 Å². The van der Waals surface area contributed by atoms with Crippen LogP contribution in [-0.4, -0.2) is 65.2 Å². The molecule has 0 spiro atoms. The number of rotatable bonds is 13. The molecule has 4 aliphatic rings. The summed E-state index contributed by atoms with van der Waals surface area (Å²) in [5.41, 5.74) is 6.64. The minimum Gasteiger partial charge on any atom is -0.350 e. The summed E-state index contributed by atoms with van der Waals surface area (Å²) in [6.45, 7) is 0. The molecule has 0 bridgehead atoms. The number of aromatic nitrogens is 6. The first-order chi connectivity index (χ1) is 39.6. The highest BCUT2D eigenvalue weighted by Gasteiger charge is 2.51. The molecule has 5 atom stereocenters. The maximum atomic E-state index is 14.3. The molecule has 14 rings (SSSR count). The van der Waals surface area contributed by atoms with Crippen molar-refractivity contribution in [3.8, 4) is 11.4 Å². The molecular weight excluding hydrogens is 1130 g/mol. The van der Waals surface area contributed by atoms with Crippen LogP contribution < -0.4 is 20.4 Å². The van der Waals surface area contributed by atoms with E-state index in [1.807, 2.05) is 113 Å². The van der Waals surface area contributed by atoms with E-state index in [0.717, 1.165) is 96.7 Å². The fourth-order valence-corrected chi connectivity index (χ4v) is 12.5. The number of halogens is 3. The summed E-state index contributed by atoms with van der Waals surface area (Å²) in [6.07, 6.45) is 11.4. The first-order valence-electron chi connectivity index (χ1n) is 26.7. The van der Waals surface area contributed by atoms with Gasteiger partial charge in [0.25, 0.3) is 0 Å². The van der Waals surface area contributed by atoms with Crippen molar-refractivity contribution < 1.29 is 28.0 Å². The molecule has 0 radical (unpaired) electrons.